The van der Waals surface area contributed by atoms with Crippen molar-refractivity contribution in [2.45, 2.75) is 111 Å². The van der Waals surface area contributed by atoms with Crippen LogP contribution in [-0.2, 0) is 4.74 Å². The van der Waals surface area contributed by atoms with Gasteiger partial charge >= 0.3 is 0 Å². The highest BCUT2D eigenvalue weighted by atomic mass is 16.5. The zero-order valence-corrected chi connectivity index (χ0v) is 22.8. The van der Waals surface area contributed by atoms with Crippen molar-refractivity contribution in [3.05, 3.63) is 58.7 Å². The first-order valence-corrected chi connectivity index (χ1v) is 12.9. The first-order chi connectivity index (χ1) is 15.5. The third-order valence-corrected chi connectivity index (χ3v) is 7.46. The second-order valence-electron chi connectivity index (χ2n) is 11.0. The Morgan fingerprint density at radius 1 is 0.576 bits per heavy atom. The first kappa shape index (κ1) is 25.6. The highest BCUT2D eigenvalue weighted by molar-refractivity contribution is 5.70. The number of hydrogen-bond acceptors (Lipinski definition) is 3. The van der Waals surface area contributed by atoms with Crippen LogP contribution >= 0.6 is 0 Å². The molecule has 2 unspecified atom stereocenters. The Kier molecular flexibility index (Phi) is 7.84. The summed E-state index contributed by atoms with van der Waals surface area (Å²) >= 11 is 0. The van der Waals surface area contributed by atoms with Crippen LogP contribution in [0.2, 0.25) is 0 Å². The zero-order valence-electron chi connectivity index (χ0n) is 22.8. The molecule has 1 aliphatic rings. The van der Waals surface area contributed by atoms with E-state index in [1.54, 1.807) is 0 Å². The molecule has 3 rings (SSSR count). The molecule has 0 bridgehead atoms. The summed E-state index contributed by atoms with van der Waals surface area (Å²) in [4.78, 5) is 5.13. The lowest BCUT2D eigenvalue weighted by molar-refractivity contribution is 0.110. The van der Waals surface area contributed by atoms with Crippen molar-refractivity contribution in [3.8, 4) is 0 Å². The molecule has 0 N–H and O–H groups in total. The smallest absolute Gasteiger partial charge is 0.210 e. The molecule has 1 fully saturated rings. The number of methoxy groups -OCH3 is 1. The predicted molar refractivity (Wildman–Crippen MR) is 144 cm³/mol. The summed E-state index contributed by atoms with van der Waals surface area (Å²) in [7, 11) is 1.87. The van der Waals surface area contributed by atoms with Crippen LogP contribution in [0.4, 0.5) is 11.4 Å². The van der Waals surface area contributed by atoms with Gasteiger partial charge in [0.1, 0.15) is 0 Å². The van der Waals surface area contributed by atoms with Crippen LogP contribution in [0.25, 0.3) is 0 Å². The Hall–Kier alpha value is -2.00. The summed E-state index contributed by atoms with van der Waals surface area (Å²) in [6.45, 7) is 23.2. The van der Waals surface area contributed by atoms with E-state index in [9.17, 15) is 0 Å². The summed E-state index contributed by atoms with van der Waals surface area (Å²) in [5.41, 5.74) is 8.36. The van der Waals surface area contributed by atoms with Crippen molar-refractivity contribution in [2.75, 3.05) is 16.9 Å². The third-order valence-electron chi connectivity index (χ3n) is 7.46. The maximum absolute atomic E-state index is 6.38. The molecule has 0 amide bonds. The Balaban J connectivity index is 2.28. The van der Waals surface area contributed by atoms with Gasteiger partial charge in [-0.15, -0.1) is 0 Å². The number of rotatable bonds is 7. The van der Waals surface area contributed by atoms with Crippen LogP contribution in [0, 0.1) is 0 Å². The van der Waals surface area contributed by atoms with Crippen molar-refractivity contribution in [1.82, 2.24) is 0 Å². The minimum absolute atomic E-state index is 0.148. The number of anilines is 2. The van der Waals surface area contributed by atoms with Gasteiger partial charge in [-0.05, 0) is 59.8 Å². The number of nitrogens with zero attached hydrogens (tertiary/aromatic N) is 2. The quantitative estimate of drug-likeness (QED) is 0.422. The van der Waals surface area contributed by atoms with Gasteiger partial charge in [-0.25, -0.2) is 0 Å². The fraction of sp³-hybridized carbons (Fsp3) is 0.600. The van der Waals surface area contributed by atoms with Crippen LogP contribution in [-0.4, -0.2) is 25.5 Å². The third kappa shape index (κ3) is 4.54. The fourth-order valence-corrected chi connectivity index (χ4v) is 5.48. The van der Waals surface area contributed by atoms with E-state index in [0.717, 1.165) is 0 Å². The van der Waals surface area contributed by atoms with Gasteiger partial charge in [-0.3, -0.25) is 0 Å². The molecule has 3 nitrogen and oxygen atoms in total. The van der Waals surface area contributed by atoms with Gasteiger partial charge in [0.2, 0.25) is 6.35 Å². The normalized spacial score (nSPS) is 21.4. The highest BCUT2D eigenvalue weighted by Crippen LogP contribution is 2.46. The zero-order chi connectivity index (χ0) is 24.6. The van der Waals surface area contributed by atoms with E-state index in [1.807, 2.05) is 7.11 Å². The topological polar surface area (TPSA) is 15.7 Å². The Morgan fingerprint density at radius 3 is 1.06 bits per heavy atom. The Bertz CT molecular complexity index is 818. The van der Waals surface area contributed by atoms with Crippen molar-refractivity contribution in [1.29, 1.82) is 0 Å². The van der Waals surface area contributed by atoms with E-state index < -0.39 is 0 Å². The molecule has 0 aliphatic carbocycles. The van der Waals surface area contributed by atoms with Crippen molar-refractivity contribution in [2.24, 2.45) is 0 Å². The summed E-state index contributed by atoms with van der Waals surface area (Å²) in [6.07, 6.45) is -0.148. The molecule has 1 heterocycles. The summed E-state index contributed by atoms with van der Waals surface area (Å²) in [5.74, 6) is 1.78. The standard InChI is InChI=1S/C30H46N2O/c1-18(2)24-14-12-15-25(19(3)4)28(24)31-22(9)23(10)32(30(31)33-11)29-26(20(5)6)16-13-17-27(29)21(7)8/h12-23,30H,1-11H3. The molecule has 2 aromatic carbocycles. The van der Waals surface area contributed by atoms with Crippen molar-refractivity contribution in [3.63, 3.8) is 0 Å². The van der Waals surface area contributed by atoms with Gasteiger partial charge in [-0.1, -0.05) is 91.8 Å². The Morgan fingerprint density at radius 2 is 0.848 bits per heavy atom. The van der Waals surface area contributed by atoms with Gasteiger partial charge in [-0.2, -0.15) is 0 Å². The van der Waals surface area contributed by atoms with Crippen LogP contribution in [0.15, 0.2) is 36.4 Å². The highest BCUT2D eigenvalue weighted by Gasteiger charge is 2.46. The van der Waals surface area contributed by atoms with E-state index >= 15 is 0 Å². The molecule has 0 saturated carbocycles. The van der Waals surface area contributed by atoms with Crippen LogP contribution in [0.3, 0.4) is 0 Å². The van der Waals surface area contributed by atoms with Crippen LogP contribution in [0.5, 0.6) is 0 Å². The molecule has 0 radical (unpaired) electrons. The minimum Gasteiger partial charge on any atom is -0.344 e. The molecule has 0 aromatic heterocycles. The molecule has 1 saturated heterocycles. The lowest BCUT2D eigenvalue weighted by Crippen LogP contribution is -2.44. The largest absolute Gasteiger partial charge is 0.344 e. The van der Waals surface area contributed by atoms with Gasteiger partial charge in [0.05, 0.1) is 12.1 Å². The molecule has 33 heavy (non-hydrogen) atoms. The molecule has 1 aliphatic heterocycles. The Labute approximate surface area is 203 Å². The van der Waals surface area contributed by atoms with Gasteiger partial charge in [0, 0.05) is 18.5 Å². The number of benzene rings is 2. The monoisotopic (exact) mass is 450 g/mol. The summed E-state index contributed by atoms with van der Waals surface area (Å²) in [5, 5.41) is 0. The van der Waals surface area contributed by atoms with E-state index in [0.29, 0.717) is 35.8 Å². The second kappa shape index (κ2) is 10.1. The lowest BCUT2D eigenvalue weighted by Gasteiger charge is -2.38. The van der Waals surface area contributed by atoms with Crippen molar-refractivity contribution < 1.29 is 4.74 Å². The molecule has 2 aromatic rings. The van der Waals surface area contributed by atoms with Crippen LogP contribution < -0.4 is 9.80 Å². The maximum Gasteiger partial charge on any atom is 0.210 e. The first-order valence-electron chi connectivity index (χ1n) is 12.9. The summed E-state index contributed by atoms with van der Waals surface area (Å²) < 4.78 is 6.38. The van der Waals surface area contributed by atoms with E-state index in [1.165, 1.54) is 33.6 Å². The number of para-hydroxylation sites is 2. The van der Waals surface area contributed by atoms with E-state index in [4.69, 9.17) is 4.74 Å². The molecule has 0 spiro atoms. The molecular weight excluding hydrogens is 404 g/mol. The average Bonchev–Trinajstić information content (AvgIpc) is 3.01. The minimum atomic E-state index is -0.148. The van der Waals surface area contributed by atoms with E-state index in [2.05, 4.69) is 115 Å². The number of hydrogen-bond donors (Lipinski definition) is 0. The predicted octanol–water partition coefficient (Wildman–Crippen LogP) is 8.21. The summed E-state index contributed by atoms with van der Waals surface area (Å²) in [6, 6.07) is 14.3. The average molecular weight is 451 g/mol. The lowest BCUT2D eigenvalue weighted by atomic mass is 9.91. The van der Waals surface area contributed by atoms with Gasteiger partial charge in [0.15, 0.2) is 0 Å². The molecule has 3 heteroatoms. The molecule has 182 valence electrons. The van der Waals surface area contributed by atoms with Gasteiger partial charge in [0.25, 0.3) is 0 Å². The van der Waals surface area contributed by atoms with E-state index in [-0.39, 0.29) is 6.35 Å². The maximum atomic E-state index is 6.38. The molecular formula is C30H46N2O. The fourth-order valence-electron chi connectivity index (χ4n) is 5.48. The van der Waals surface area contributed by atoms with Crippen molar-refractivity contribution >= 4 is 11.4 Å². The second-order valence-corrected chi connectivity index (χ2v) is 11.0. The SMILES string of the molecule is COC1N(c2c(C(C)C)cccc2C(C)C)C(C)C(C)N1c1c(C(C)C)cccc1C(C)C. The van der Waals surface area contributed by atoms with Crippen LogP contribution in [0.1, 0.15) is 115 Å². The van der Waals surface area contributed by atoms with Gasteiger partial charge < -0.3 is 14.5 Å². The molecule has 2 atom stereocenters. The number of ether oxygens (including phenoxy) is 1.